The standard InChI is InChI=1S/C18H22F2N4O/c19-18(20)5-9-24(10-6-18)17(25)11-14-3-7-23(8-4-14)16-2-1-15(12-21)13-22-16/h1-2,13-14H,3-11H2. The van der Waals surface area contributed by atoms with E-state index >= 15 is 0 Å². The maximum absolute atomic E-state index is 13.2. The molecule has 1 aromatic rings. The van der Waals surface area contributed by atoms with Gasteiger partial charge in [-0.25, -0.2) is 13.8 Å². The number of piperidine rings is 2. The Morgan fingerprint density at radius 1 is 1.24 bits per heavy atom. The Labute approximate surface area is 146 Å². The molecule has 5 nitrogen and oxygen atoms in total. The molecule has 0 aliphatic carbocycles. The molecule has 0 spiro atoms. The molecule has 2 saturated heterocycles. The van der Waals surface area contributed by atoms with Gasteiger partial charge in [0.05, 0.1) is 5.56 Å². The highest BCUT2D eigenvalue weighted by molar-refractivity contribution is 5.76. The Balaban J connectivity index is 1.46. The molecule has 25 heavy (non-hydrogen) atoms. The molecule has 0 radical (unpaired) electrons. The van der Waals surface area contributed by atoms with Gasteiger partial charge in [0.2, 0.25) is 5.91 Å². The van der Waals surface area contributed by atoms with Crippen molar-refractivity contribution >= 4 is 11.7 Å². The number of amides is 1. The number of halogens is 2. The van der Waals surface area contributed by atoms with Crippen LogP contribution >= 0.6 is 0 Å². The Morgan fingerprint density at radius 2 is 1.92 bits per heavy atom. The smallest absolute Gasteiger partial charge is 0.251 e. The number of alkyl halides is 2. The summed E-state index contributed by atoms with van der Waals surface area (Å²) in [7, 11) is 0. The van der Waals surface area contributed by atoms with E-state index < -0.39 is 5.92 Å². The molecule has 3 heterocycles. The number of nitriles is 1. The molecule has 2 aliphatic rings. The predicted molar refractivity (Wildman–Crippen MR) is 89.3 cm³/mol. The first-order chi connectivity index (χ1) is 12.0. The molecule has 7 heteroatoms. The predicted octanol–water partition coefficient (Wildman–Crippen LogP) is 2.82. The fraction of sp³-hybridized carbons (Fsp3) is 0.611. The lowest BCUT2D eigenvalue weighted by Gasteiger charge is -2.35. The van der Waals surface area contributed by atoms with E-state index in [9.17, 15) is 13.6 Å². The summed E-state index contributed by atoms with van der Waals surface area (Å²) in [4.78, 5) is 20.4. The lowest BCUT2D eigenvalue weighted by atomic mass is 9.92. The molecular formula is C18H22F2N4O. The molecule has 3 rings (SSSR count). The topological polar surface area (TPSA) is 60.2 Å². The summed E-state index contributed by atoms with van der Waals surface area (Å²) < 4.78 is 26.4. The van der Waals surface area contributed by atoms with Gasteiger partial charge in [-0.2, -0.15) is 5.26 Å². The number of pyridine rings is 1. The van der Waals surface area contributed by atoms with Gasteiger partial charge in [0.15, 0.2) is 0 Å². The molecule has 1 aromatic heterocycles. The fourth-order valence-electron chi connectivity index (χ4n) is 3.46. The summed E-state index contributed by atoms with van der Waals surface area (Å²) >= 11 is 0. The third kappa shape index (κ3) is 4.44. The number of rotatable bonds is 3. The average Bonchev–Trinajstić information content (AvgIpc) is 2.62. The van der Waals surface area contributed by atoms with Gasteiger partial charge in [-0.1, -0.05) is 0 Å². The third-order valence-electron chi connectivity index (χ3n) is 5.13. The Bertz CT molecular complexity index is 638. The minimum Gasteiger partial charge on any atom is -0.357 e. The molecule has 0 aromatic carbocycles. The van der Waals surface area contributed by atoms with Crippen molar-refractivity contribution in [1.82, 2.24) is 9.88 Å². The van der Waals surface area contributed by atoms with Gasteiger partial charge >= 0.3 is 0 Å². The van der Waals surface area contributed by atoms with Crippen molar-refractivity contribution in [2.24, 2.45) is 5.92 Å². The van der Waals surface area contributed by atoms with Gasteiger partial charge in [0, 0.05) is 51.6 Å². The van der Waals surface area contributed by atoms with Gasteiger partial charge in [-0.15, -0.1) is 0 Å². The molecule has 0 unspecified atom stereocenters. The van der Waals surface area contributed by atoms with E-state index in [1.807, 2.05) is 6.07 Å². The average molecular weight is 348 g/mol. The van der Waals surface area contributed by atoms with Crippen LogP contribution in [-0.4, -0.2) is 47.9 Å². The maximum Gasteiger partial charge on any atom is 0.251 e. The second-order valence-electron chi connectivity index (χ2n) is 6.89. The minimum atomic E-state index is -2.61. The van der Waals surface area contributed by atoms with Crippen LogP contribution in [0.2, 0.25) is 0 Å². The minimum absolute atomic E-state index is 0.00504. The van der Waals surface area contributed by atoms with E-state index in [1.165, 1.54) is 0 Å². The molecule has 2 fully saturated rings. The molecule has 134 valence electrons. The zero-order chi connectivity index (χ0) is 17.9. The van der Waals surface area contributed by atoms with Gasteiger partial charge < -0.3 is 9.80 Å². The number of carbonyl (C=O) groups is 1. The highest BCUT2D eigenvalue weighted by Gasteiger charge is 2.36. The molecule has 0 saturated carbocycles. The number of likely N-dealkylation sites (tertiary alicyclic amines) is 1. The Hall–Kier alpha value is -2.23. The van der Waals surface area contributed by atoms with Crippen molar-refractivity contribution < 1.29 is 13.6 Å². The van der Waals surface area contributed by atoms with Crippen LogP contribution in [0.5, 0.6) is 0 Å². The quantitative estimate of drug-likeness (QED) is 0.843. The van der Waals surface area contributed by atoms with Crippen LogP contribution in [0.1, 0.15) is 37.7 Å². The van der Waals surface area contributed by atoms with Crippen LogP contribution in [-0.2, 0) is 4.79 Å². The first-order valence-electron chi connectivity index (χ1n) is 8.73. The van der Waals surface area contributed by atoms with E-state index in [1.54, 1.807) is 17.2 Å². The maximum atomic E-state index is 13.2. The number of hydrogen-bond donors (Lipinski definition) is 0. The van der Waals surface area contributed by atoms with Gasteiger partial charge in [-0.05, 0) is 30.9 Å². The summed E-state index contributed by atoms with van der Waals surface area (Å²) in [6.45, 7) is 1.96. The second kappa shape index (κ2) is 7.34. The first kappa shape index (κ1) is 17.6. The van der Waals surface area contributed by atoms with E-state index in [4.69, 9.17) is 5.26 Å². The SMILES string of the molecule is N#Cc1ccc(N2CCC(CC(=O)N3CCC(F)(F)CC3)CC2)nc1. The molecular weight excluding hydrogens is 326 g/mol. The van der Waals surface area contributed by atoms with Crippen molar-refractivity contribution in [3.05, 3.63) is 23.9 Å². The lowest BCUT2D eigenvalue weighted by Crippen LogP contribution is -2.44. The molecule has 2 aliphatic heterocycles. The summed E-state index contributed by atoms with van der Waals surface area (Å²) in [5.41, 5.74) is 0.538. The zero-order valence-electron chi connectivity index (χ0n) is 14.1. The Kier molecular flexibility index (Phi) is 5.16. The summed E-state index contributed by atoms with van der Waals surface area (Å²) in [6, 6.07) is 5.65. The van der Waals surface area contributed by atoms with E-state index in [0.717, 1.165) is 31.7 Å². The van der Waals surface area contributed by atoms with Crippen LogP contribution in [0.15, 0.2) is 18.3 Å². The van der Waals surface area contributed by atoms with Crippen LogP contribution < -0.4 is 4.90 Å². The van der Waals surface area contributed by atoms with Gasteiger partial charge in [0.1, 0.15) is 11.9 Å². The summed E-state index contributed by atoms with van der Waals surface area (Å²) in [6.07, 6.45) is 3.34. The largest absolute Gasteiger partial charge is 0.357 e. The van der Waals surface area contributed by atoms with E-state index in [2.05, 4.69) is 16.0 Å². The number of anilines is 1. The summed E-state index contributed by atoms with van der Waals surface area (Å²) in [5.74, 6) is -1.46. The van der Waals surface area contributed by atoms with Crippen molar-refractivity contribution in [3.63, 3.8) is 0 Å². The van der Waals surface area contributed by atoms with Crippen molar-refractivity contribution in [3.8, 4) is 6.07 Å². The zero-order valence-corrected chi connectivity index (χ0v) is 14.1. The second-order valence-corrected chi connectivity index (χ2v) is 6.89. The monoisotopic (exact) mass is 348 g/mol. The van der Waals surface area contributed by atoms with Gasteiger partial charge in [-0.3, -0.25) is 4.79 Å². The van der Waals surface area contributed by atoms with Crippen molar-refractivity contribution in [2.75, 3.05) is 31.1 Å². The molecule has 1 amide bonds. The highest BCUT2D eigenvalue weighted by atomic mass is 19.3. The van der Waals surface area contributed by atoms with E-state index in [-0.39, 0.29) is 31.8 Å². The van der Waals surface area contributed by atoms with Crippen LogP contribution in [0.25, 0.3) is 0 Å². The van der Waals surface area contributed by atoms with Gasteiger partial charge in [0.25, 0.3) is 5.92 Å². The number of aromatic nitrogens is 1. The van der Waals surface area contributed by atoms with Crippen LogP contribution in [0.4, 0.5) is 14.6 Å². The number of nitrogens with zero attached hydrogens (tertiary/aromatic N) is 4. The summed E-state index contributed by atoms with van der Waals surface area (Å²) in [5, 5.41) is 8.81. The fourth-order valence-corrected chi connectivity index (χ4v) is 3.46. The number of hydrogen-bond acceptors (Lipinski definition) is 4. The van der Waals surface area contributed by atoms with E-state index in [0.29, 0.717) is 17.9 Å². The van der Waals surface area contributed by atoms with Crippen LogP contribution in [0.3, 0.4) is 0 Å². The van der Waals surface area contributed by atoms with Crippen molar-refractivity contribution in [2.45, 2.75) is 38.0 Å². The number of carbonyl (C=O) groups excluding carboxylic acids is 1. The highest BCUT2D eigenvalue weighted by Crippen LogP contribution is 2.29. The lowest BCUT2D eigenvalue weighted by molar-refractivity contribution is -0.138. The van der Waals surface area contributed by atoms with Crippen LogP contribution in [0, 0.1) is 17.2 Å². The Morgan fingerprint density at radius 3 is 2.48 bits per heavy atom. The molecule has 0 atom stereocenters. The first-order valence-corrected chi connectivity index (χ1v) is 8.73. The third-order valence-corrected chi connectivity index (χ3v) is 5.13. The van der Waals surface area contributed by atoms with Crippen molar-refractivity contribution in [1.29, 1.82) is 5.26 Å². The molecule has 0 N–H and O–H groups in total. The molecule has 0 bridgehead atoms. The normalized spacial score (nSPS) is 21.0.